The summed E-state index contributed by atoms with van der Waals surface area (Å²) >= 11 is 0. The van der Waals surface area contributed by atoms with Gasteiger partial charge in [0.1, 0.15) is 6.04 Å². The van der Waals surface area contributed by atoms with Crippen LogP contribution in [0, 0.1) is 5.92 Å². The normalized spacial score (nSPS) is 26.8. The molecule has 7 nitrogen and oxygen atoms in total. The van der Waals surface area contributed by atoms with Crippen LogP contribution >= 0.6 is 0 Å². The number of nitrogens with one attached hydrogen (secondary N) is 1. The van der Waals surface area contributed by atoms with Crippen LogP contribution in [0.4, 0.5) is 4.79 Å². The van der Waals surface area contributed by atoms with Gasteiger partial charge >= 0.3 is 12.0 Å². The van der Waals surface area contributed by atoms with Crippen molar-refractivity contribution in [3.8, 4) is 0 Å². The second-order valence-corrected chi connectivity index (χ2v) is 4.69. The van der Waals surface area contributed by atoms with Crippen molar-refractivity contribution in [2.24, 2.45) is 5.92 Å². The Hall–Kier alpha value is -1.34. The molecule has 1 aliphatic heterocycles. The zero-order chi connectivity index (χ0) is 13.9. The van der Waals surface area contributed by atoms with E-state index in [1.165, 1.54) is 4.90 Å². The molecule has 4 N–H and O–H groups in total. The number of carbonyl (C=O) groups excluding carboxylic acids is 1. The van der Waals surface area contributed by atoms with Crippen LogP contribution in [0.2, 0.25) is 0 Å². The first-order chi connectivity index (χ1) is 8.36. The van der Waals surface area contributed by atoms with Gasteiger partial charge in [0.25, 0.3) is 0 Å². The standard InChI is InChI=1S/C11H20N2O5/c1-3-6(2)9(10(16)17)12-11(18)13-4-7(14)8(15)5-13/h6-9,14-15H,3-5H2,1-2H3,(H,12,18)(H,16,17). The van der Waals surface area contributed by atoms with Crippen molar-refractivity contribution in [2.75, 3.05) is 13.1 Å². The van der Waals surface area contributed by atoms with Crippen LogP contribution in [0.5, 0.6) is 0 Å². The highest BCUT2D eigenvalue weighted by molar-refractivity contribution is 5.83. The third-order valence-corrected chi connectivity index (χ3v) is 3.30. The molecule has 0 saturated carbocycles. The Kier molecular flexibility index (Phi) is 4.92. The average Bonchev–Trinajstić information content (AvgIpc) is 2.65. The number of carboxylic acid groups (broad SMARTS) is 1. The van der Waals surface area contributed by atoms with Gasteiger partial charge in [-0.15, -0.1) is 0 Å². The van der Waals surface area contributed by atoms with Crippen LogP contribution in [0.1, 0.15) is 20.3 Å². The number of hydrogen-bond acceptors (Lipinski definition) is 4. The van der Waals surface area contributed by atoms with Crippen molar-refractivity contribution in [2.45, 2.75) is 38.5 Å². The summed E-state index contributed by atoms with van der Waals surface area (Å²) in [6.07, 6.45) is -1.31. The van der Waals surface area contributed by atoms with Crippen LogP contribution in [-0.4, -0.2) is 63.6 Å². The van der Waals surface area contributed by atoms with Gasteiger partial charge in [0, 0.05) is 0 Å². The number of aliphatic carboxylic acids is 1. The van der Waals surface area contributed by atoms with Gasteiger partial charge in [-0.05, 0) is 5.92 Å². The van der Waals surface area contributed by atoms with E-state index in [4.69, 9.17) is 5.11 Å². The van der Waals surface area contributed by atoms with Crippen LogP contribution in [0.15, 0.2) is 0 Å². The summed E-state index contributed by atoms with van der Waals surface area (Å²) in [5, 5.41) is 30.1. The summed E-state index contributed by atoms with van der Waals surface area (Å²) in [4.78, 5) is 24.1. The molecule has 0 aromatic carbocycles. The summed E-state index contributed by atoms with van der Waals surface area (Å²) in [7, 11) is 0. The van der Waals surface area contributed by atoms with Gasteiger partial charge in [-0.25, -0.2) is 9.59 Å². The fourth-order valence-electron chi connectivity index (χ4n) is 1.84. The number of urea groups is 1. The average molecular weight is 260 g/mol. The lowest BCUT2D eigenvalue weighted by molar-refractivity contribution is -0.140. The highest BCUT2D eigenvalue weighted by Gasteiger charge is 2.35. The molecule has 1 aliphatic rings. The van der Waals surface area contributed by atoms with Gasteiger partial charge in [0.15, 0.2) is 0 Å². The number of nitrogens with zero attached hydrogens (tertiary/aromatic N) is 1. The van der Waals surface area contributed by atoms with Crippen LogP contribution < -0.4 is 5.32 Å². The van der Waals surface area contributed by atoms with Crippen molar-refractivity contribution in [3.63, 3.8) is 0 Å². The number of hydrogen-bond donors (Lipinski definition) is 4. The van der Waals surface area contributed by atoms with E-state index < -0.39 is 30.3 Å². The zero-order valence-corrected chi connectivity index (χ0v) is 10.5. The molecule has 1 saturated heterocycles. The minimum absolute atomic E-state index is 0.0137. The number of rotatable bonds is 4. The predicted molar refractivity (Wildman–Crippen MR) is 63.0 cm³/mol. The molecule has 104 valence electrons. The second-order valence-electron chi connectivity index (χ2n) is 4.69. The molecule has 0 bridgehead atoms. The molecule has 1 fully saturated rings. The van der Waals surface area contributed by atoms with E-state index in [0.29, 0.717) is 6.42 Å². The Morgan fingerprint density at radius 1 is 1.33 bits per heavy atom. The first-order valence-electron chi connectivity index (χ1n) is 6.01. The summed E-state index contributed by atoms with van der Waals surface area (Å²) < 4.78 is 0. The first kappa shape index (κ1) is 14.7. The number of carboxylic acids is 1. The van der Waals surface area contributed by atoms with E-state index in [0.717, 1.165) is 0 Å². The molecule has 0 radical (unpaired) electrons. The molecule has 0 aromatic heterocycles. The highest BCUT2D eigenvalue weighted by Crippen LogP contribution is 2.12. The molecule has 18 heavy (non-hydrogen) atoms. The molecule has 7 heteroatoms. The molecule has 0 aliphatic carbocycles. The molecular formula is C11H20N2O5. The minimum atomic E-state index is -1.09. The summed E-state index contributed by atoms with van der Waals surface area (Å²) in [6, 6.07) is -1.53. The number of amides is 2. The molecule has 0 spiro atoms. The van der Waals surface area contributed by atoms with E-state index in [1.54, 1.807) is 6.92 Å². The first-order valence-corrected chi connectivity index (χ1v) is 6.01. The maximum atomic E-state index is 11.8. The Morgan fingerprint density at radius 2 is 1.83 bits per heavy atom. The molecule has 1 rings (SSSR count). The van der Waals surface area contributed by atoms with Crippen molar-refractivity contribution >= 4 is 12.0 Å². The highest BCUT2D eigenvalue weighted by atomic mass is 16.4. The second kappa shape index (κ2) is 6.01. The largest absolute Gasteiger partial charge is 0.480 e. The Bertz CT molecular complexity index is 313. The van der Waals surface area contributed by atoms with Gasteiger partial charge in [-0.2, -0.15) is 0 Å². The van der Waals surface area contributed by atoms with Gasteiger partial charge in [0.05, 0.1) is 25.3 Å². The summed E-state index contributed by atoms with van der Waals surface area (Å²) in [6.45, 7) is 3.61. The van der Waals surface area contributed by atoms with E-state index in [9.17, 15) is 19.8 Å². The third-order valence-electron chi connectivity index (χ3n) is 3.30. The lowest BCUT2D eigenvalue weighted by Gasteiger charge is -2.24. The number of carbonyl (C=O) groups is 2. The Morgan fingerprint density at radius 3 is 2.22 bits per heavy atom. The third kappa shape index (κ3) is 3.33. The number of aliphatic hydroxyl groups is 2. The molecule has 2 amide bonds. The fraction of sp³-hybridized carbons (Fsp3) is 0.818. The lowest BCUT2D eigenvalue weighted by atomic mass is 9.99. The smallest absolute Gasteiger partial charge is 0.326 e. The molecular weight excluding hydrogens is 240 g/mol. The summed E-state index contributed by atoms with van der Waals surface area (Å²) in [5.74, 6) is -1.28. The number of β-amino-alcohol motifs (C(OH)–C–C–N with tert-alkyl or cyclic N) is 2. The molecule has 4 atom stereocenters. The molecule has 4 unspecified atom stereocenters. The zero-order valence-electron chi connectivity index (χ0n) is 10.5. The topological polar surface area (TPSA) is 110 Å². The number of aliphatic hydroxyl groups excluding tert-OH is 2. The maximum absolute atomic E-state index is 11.8. The Balaban J connectivity index is 2.60. The van der Waals surface area contributed by atoms with Crippen molar-refractivity contribution in [1.29, 1.82) is 0 Å². The van der Waals surface area contributed by atoms with Gasteiger partial charge in [-0.3, -0.25) is 0 Å². The van der Waals surface area contributed by atoms with Crippen LogP contribution in [0.3, 0.4) is 0 Å². The van der Waals surface area contributed by atoms with Crippen molar-refractivity contribution in [1.82, 2.24) is 10.2 Å². The number of likely N-dealkylation sites (tertiary alicyclic amines) is 1. The van der Waals surface area contributed by atoms with E-state index in [-0.39, 0.29) is 19.0 Å². The lowest BCUT2D eigenvalue weighted by Crippen LogP contribution is -2.50. The molecule has 1 heterocycles. The maximum Gasteiger partial charge on any atom is 0.326 e. The van der Waals surface area contributed by atoms with E-state index in [1.807, 2.05) is 6.92 Å². The van der Waals surface area contributed by atoms with Crippen LogP contribution in [-0.2, 0) is 4.79 Å². The van der Waals surface area contributed by atoms with Gasteiger partial charge in [-0.1, -0.05) is 20.3 Å². The van der Waals surface area contributed by atoms with Crippen LogP contribution in [0.25, 0.3) is 0 Å². The van der Waals surface area contributed by atoms with E-state index >= 15 is 0 Å². The van der Waals surface area contributed by atoms with E-state index in [2.05, 4.69) is 5.32 Å². The minimum Gasteiger partial charge on any atom is -0.480 e. The summed E-state index contributed by atoms with van der Waals surface area (Å²) in [5.41, 5.74) is 0. The predicted octanol–water partition coefficient (Wildman–Crippen LogP) is -0.767. The molecule has 0 aromatic rings. The monoisotopic (exact) mass is 260 g/mol. The van der Waals surface area contributed by atoms with Gasteiger partial charge < -0.3 is 25.5 Å². The van der Waals surface area contributed by atoms with Crippen molar-refractivity contribution in [3.05, 3.63) is 0 Å². The SMILES string of the molecule is CCC(C)C(NC(=O)N1CC(O)C(O)C1)C(=O)O. The quantitative estimate of drug-likeness (QED) is 0.530. The van der Waals surface area contributed by atoms with Crippen molar-refractivity contribution < 1.29 is 24.9 Å². The fourth-order valence-corrected chi connectivity index (χ4v) is 1.84. The Labute approximate surface area is 105 Å². The van der Waals surface area contributed by atoms with Gasteiger partial charge in [0.2, 0.25) is 0 Å².